The SMILES string of the molecule is NNC(=O)c1ccc2c(c1)C(I)=CC2. The molecule has 0 atom stereocenters. The van der Waals surface area contributed by atoms with Crippen LogP contribution in [0.5, 0.6) is 0 Å². The number of hydrogen-bond acceptors (Lipinski definition) is 2. The van der Waals surface area contributed by atoms with E-state index in [2.05, 4.69) is 34.1 Å². The quantitative estimate of drug-likeness (QED) is 0.358. The van der Waals surface area contributed by atoms with Crippen molar-refractivity contribution in [2.75, 3.05) is 0 Å². The molecule has 1 aromatic rings. The van der Waals surface area contributed by atoms with Crippen LogP contribution < -0.4 is 11.3 Å². The number of nitrogens with one attached hydrogen (secondary N) is 1. The van der Waals surface area contributed by atoms with E-state index in [0.29, 0.717) is 5.56 Å². The number of rotatable bonds is 1. The molecule has 2 rings (SSSR count). The number of allylic oxidation sites excluding steroid dienone is 1. The molecule has 1 aliphatic rings. The van der Waals surface area contributed by atoms with Gasteiger partial charge in [-0.3, -0.25) is 10.2 Å². The van der Waals surface area contributed by atoms with Gasteiger partial charge >= 0.3 is 0 Å². The molecule has 0 unspecified atom stereocenters. The van der Waals surface area contributed by atoms with E-state index in [9.17, 15) is 4.79 Å². The molecule has 0 spiro atoms. The highest BCUT2D eigenvalue weighted by Crippen LogP contribution is 2.32. The molecule has 4 heteroatoms. The first-order valence-electron chi connectivity index (χ1n) is 4.22. The van der Waals surface area contributed by atoms with Crippen LogP contribution in [0.15, 0.2) is 24.3 Å². The fraction of sp³-hybridized carbons (Fsp3) is 0.100. The number of benzene rings is 1. The van der Waals surface area contributed by atoms with Crippen molar-refractivity contribution in [3.05, 3.63) is 41.0 Å². The molecule has 72 valence electrons. The highest BCUT2D eigenvalue weighted by Gasteiger charge is 2.14. The van der Waals surface area contributed by atoms with Crippen molar-refractivity contribution in [3.63, 3.8) is 0 Å². The third kappa shape index (κ3) is 1.55. The number of halogens is 1. The van der Waals surface area contributed by atoms with Gasteiger partial charge in [0.2, 0.25) is 0 Å². The van der Waals surface area contributed by atoms with Gasteiger partial charge < -0.3 is 0 Å². The summed E-state index contributed by atoms with van der Waals surface area (Å²) in [7, 11) is 0. The van der Waals surface area contributed by atoms with Crippen LogP contribution in [0, 0.1) is 0 Å². The number of nitrogens with two attached hydrogens (primary N) is 1. The summed E-state index contributed by atoms with van der Waals surface area (Å²) in [5, 5.41) is 0. The number of fused-ring (bicyclic) bond motifs is 1. The monoisotopic (exact) mass is 300 g/mol. The van der Waals surface area contributed by atoms with Gasteiger partial charge in [-0.05, 0) is 52.3 Å². The van der Waals surface area contributed by atoms with Gasteiger partial charge in [-0.15, -0.1) is 0 Å². The molecule has 0 fully saturated rings. The van der Waals surface area contributed by atoms with Crippen LogP contribution in [0.25, 0.3) is 3.58 Å². The van der Waals surface area contributed by atoms with Gasteiger partial charge in [-0.1, -0.05) is 12.1 Å². The molecule has 0 bridgehead atoms. The van der Waals surface area contributed by atoms with Crippen molar-refractivity contribution >= 4 is 32.1 Å². The first kappa shape index (κ1) is 9.67. The third-order valence-electron chi connectivity index (χ3n) is 2.26. The highest BCUT2D eigenvalue weighted by molar-refractivity contribution is 14.1. The van der Waals surface area contributed by atoms with E-state index >= 15 is 0 Å². The van der Waals surface area contributed by atoms with Gasteiger partial charge in [0, 0.05) is 9.14 Å². The number of amides is 1. The maximum atomic E-state index is 11.3. The van der Waals surface area contributed by atoms with Crippen LogP contribution in [-0.2, 0) is 6.42 Å². The van der Waals surface area contributed by atoms with E-state index in [1.165, 1.54) is 9.14 Å². The molecule has 0 radical (unpaired) electrons. The Bertz CT molecular complexity index is 426. The number of carbonyl (C=O) groups is 1. The minimum atomic E-state index is -0.246. The average Bonchev–Trinajstić information content (AvgIpc) is 2.59. The largest absolute Gasteiger partial charge is 0.290 e. The minimum absolute atomic E-state index is 0.246. The molecule has 3 N–H and O–H groups in total. The van der Waals surface area contributed by atoms with Gasteiger partial charge in [0.1, 0.15) is 0 Å². The zero-order chi connectivity index (χ0) is 10.1. The standard InChI is InChI=1S/C10H9IN2O/c11-9-4-3-6-1-2-7(5-8(6)9)10(14)13-12/h1-2,4-5H,3,12H2,(H,13,14). The Morgan fingerprint density at radius 1 is 1.50 bits per heavy atom. The number of nitrogen functional groups attached to an aromatic ring is 1. The normalized spacial score (nSPS) is 13.4. The summed E-state index contributed by atoms with van der Waals surface area (Å²) in [6, 6.07) is 5.65. The van der Waals surface area contributed by atoms with Crippen molar-refractivity contribution in [2.24, 2.45) is 5.84 Å². The highest BCUT2D eigenvalue weighted by atomic mass is 127. The molecular formula is C10H9IN2O. The van der Waals surface area contributed by atoms with E-state index in [4.69, 9.17) is 5.84 Å². The summed E-state index contributed by atoms with van der Waals surface area (Å²) in [6.45, 7) is 0. The Hall–Kier alpha value is -0.880. The van der Waals surface area contributed by atoms with Gasteiger partial charge in [-0.25, -0.2) is 5.84 Å². The maximum Gasteiger partial charge on any atom is 0.265 e. The molecule has 1 aromatic carbocycles. The summed E-state index contributed by atoms with van der Waals surface area (Å²) in [5.74, 6) is 4.82. The lowest BCUT2D eigenvalue weighted by molar-refractivity contribution is 0.0953. The van der Waals surface area contributed by atoms with Crippen LogP contribution in [0.1, 0.15) is 21.5 Å². The molecule has 3 nitrogen and oxygen atoms in total. The fourth-order valence-corrected chi connectivity index (χ4v) is 2.23. The Labute approximate surface area is 95.5 Å². The number of hydrazine groups is 1. The smallest absolute Gasteiger partial charge is 0.265 e. The lowest BCUT2D eigenvalue weighted by Crippen LogP contribution is -2.30. The van der Waals surface area contributed by atoms with Crippen molar-refractivity contribution in [3.8, 4) is 0 Å². The Kier molecular flexibility index (Phi) is 2.56. The van der Waals surface area contributed by atoms with E-state index in [1.54, 1.807) is 6.07 Å². The van der Waals surface area contributed by atoms with E-state index < -0.39 is 0 Å². The number of carbonyl (C=O) groups excluding carboxylic acids is 1. The van der Waals surface area contributed by atoms with E-state index in [1.807, 2.05) is 12.1 Å². The van der Waals surface area contributed by atoms with Crippen molar-refractivity contribution < 1.29 is 4.79 Å². The van der Waals surface area contributed by atoms with Crippen molar-refractivity contribution in [1.29, 1.82) is 0 Å². The predicted octanol–water partition coefficient (Wildman–Crippen LogP) is 1.62. The molecule has 1 amide bonds. The molecule has 0 saturated carbocycles. The topological polar surface area (TPSA) is 55.1 Å². The molecule has 0 saturated heterocycles. The molecule has 0 aliphatic heterocycles. The lowest BCUT2D eigenvalue weighted by atomic mass is 10.1. The Morgan fingerprint density at radius 3 is 3.00 bits per heavy atom. The fourth-order valence-electron chi connectivity index (χ4n) is 1.51. The zero-order valence-corrected chi connectivity index (χ0v) is 9.54. The first-order chi connectivity index (χ1) is 6.72. The second kappa shape index (κ2) is 3.70. The van der Waals surface area contributed by atoms with Gasteiger partial charge in [0.05, 0.1) is 0 Å². The molecule has 0 heterocycles. The van der Waals surface area contributed by atoms with Gasteiger partial charge in [0.25, 0.3) is 5.91 Å². The third-order valence-corrected chi connectivity index (χ3v) is 3.28. The van der Waals surface area contributed by atoms with E-state index in [-0.39, 0.29) is 5.91 Å². The van der Waals surface area contributed by atoms with E-state index in [0.717, 1.165) is 12.0 Å². The lowest BCUT2D eigenvalue weighted by Gasteiger charge is -2.04. The second-order valence-corrected chi connectivity index (χ2v) is 4.26. The summed E-state index contributed by atoms with van der Waals surface area (Å²) < 4.78 is 1.20. The zero-order valence-electron chi connectivity index (χ0n) is 7.38. The first-order valence-corrected chi connectivity index (χ1v) is 5.30. The van der Waals surface area contributed by atoms with Crippen LogP contribution in [-0.4, -0.2) is 5.91 Å². The Balaban J connectivity index is 2.44. The summed E-state index contributed by atoms with van der Waals surface area (Å²) in [6.07, 6.45) is 3.10. The van der Waals surface area contributed by atoms with Crippen molar-refractivity contribution in [2.45, 2.75) is 6.42 Å². The van der Waals surface area contributed by atoms with Crippen LogP contribution in [0.2, 0.25) is 0 Å². The second-order valence-electron chi connectivity index (χ2n) is 3.10. The average molecular weight is 300 g/mol. The molecule has 14 heavy (non-hydrogen) atoms. The minimum Gasteiger partial charge on any atom is -0.290 e. The number of hydrogen-bond donors (Lipinski definition) is 2. The summed E-state index contributed by atoms with van der Waals surface area (Å²) in [4.78, 5) is 11.3. The van der Waals surface area contributed by atoms with Gasteiger partial charge in [0.15, 0.2) is 0 Å². The molecule has 1 aliphatic carbocycles. The van der Waals surface area contributed by atoms with Crippen LogP contribution >= 0.6 is 22.6 Å². The van der Waals surface area contributed by atoms with Crippen LogP contribution in [0.4, 0.5) is 0 Å². The predicted molar refractivity (Wildman–Crippen MR) is 63.8 cm³/mol. The summed E-state index contributed by atoms with van der Waals surface area (Å²) >= 11 is 2.27. The molecule has 0 aromatic heterocycles. The van der Waals surface area contributed by atoms with Crippen LogP contribution in [0.3, 0.4) is 0 Å². The maximum absolute atomic E-state index is 11.3. The summed E-state index contributed by atoms with van der Waals surface area (Å²) in [5.41, 5.74) is 5.15. The molecular weight excluding hydrogens is 291 g/mol. The Morgan fingerprint density at radius 2 is 2.29 bits per heavy atom. The van der Waals surface area contributed by atoms with Crippen molar-refractivity contribution in [1.82, 2.24) is 5.43 Å². The van der Waals surface area contributed by atoms with Gasteiger partial charge in [-0.2, -0.15) is 0 Å².